The third-order valence-electron chi connectivity index (χ3n) is 5.24. The van der Waals surface area contributed by atoms with Crippen LogP contribution in [-0.2, 0) is 6.42 Å². The number of guanidine groups is 1. The van der Waals surface area contributed by atoms with E-state index < -0.39 is 0 Å². The molecule has 0 atom stereocenters. The molecule has 1 aromatic carbocycles. The number of thiophene rings is 1. The molecule has 6 heteroatoms. The van der Waals surface area contributed by atoms with Gasteiger partial charge in [-0.05, 0) is 48.4 Å². The quantitative estimate of drug-likeness (QED) is 0.467. The number of aromatic nitrogens is 1. The molecular weight excluding hydrogens is 354 g/mol. The Bertz CT molecular complexity index is 875. The van der Waals surface area contributed by atoms with Gasteiger partial charge in [0.1, 0.15) is 0 Å². The van der Waals surface area contributed by atoms with Gasteiger partial charge in [-0.2, -0.15) is 0 Å². The van der Waals surface area contributed by atoms with Gasteiger partial charge in [0.05, 0.1) is 5.00 Å². The lowest BCUT2D eigenvalue weighted by Gasteiger charge is -2.33. The molecule has 1 saturated heterocycles. The second-order valence-corrected chi connectivity index (χ2v) is 7.89. The van der Waals surface area contributed by atoms with Crippen LogP contribution < -0.4 is 15.5 Å². The molecule has 3 N–H and O–H groups in total. The minimum Gasteiger partial charge on any atom is -0.363 e. The highest BCUT2D eigenvalue weighted by molar-refractivity contribution is 7.14. The lowest BCUT2D eigenvalue weighted by molar-refractivity contribution is 0.463. The zero-order valence-corrected chi connectivity index (χ0v) is 16.6. The smallest absolute Gasteiger partial charge is 0.191 e. The van der Waals surface area contributed by atoms with Crippen LogP contribution in [0.1, 0.15) is 18.4 Å². The lowest BCUT2D eigenvalue weighted by Crippen LogP contribution is -2.49. The van der Waals surface area contributed by atoms with E-state index in [9.17, 15) is 0 Å². The van der Waals surface area contributed by atoms with Crippen molar-refractivity contribution in [2.45, 2.75) is 25.3 Å². The summed E-state index contributed by atoms with van der Waals surface area (Å²) >= 11 is 1.83. The van der Waals surface area contributed by atoms with Crippen molar-refractivity contribution in [3.63, 3.8) is 0 Å². The van der Waals surface area contributed by atoms with E-state index in [-0.39, 0.29) is 0 Å². The average molecular weight is 382 g/mol. The first-order valence-electron chi connectivity index (χ1n) is 9.64. The Morgan fingerprint density at radius 3 is 2.85 bits per heavy atom. The molecular formula is C21H27N5S. The van der Waals surface area contributed by atoms with Gasteiger partial charge in [0, 0.05) is 49.8 Å². The van der Waals surface area contributed by atoms with Crippen LogP contribution in [0.25, 0.3) is 10.9 Å². The predicted molar refractivity (Wildman–Crippen MR) is 116 cm³/mol. The number of hydrogen-bond donors (Lipinski definition) is 3. The first-order valence-corrected chi connectivity index (χ1v) is 10.5. The van der Waals surface area contributed by atoms with Gasteiger partial charge in [-0.25, -0.2) is 0 Å². The lowest BCUT2D eigenvalue weighted by atomic mass is 10.1. The zero-order chi connectivity index (χ0) is 18.5. The Labute approximate surface area is 164 Å². The molecule has 4 rings (SSSR count). The fourth-order valence-corrected chi connectivity index (χ4v) is 4.52. The Balaban J connectivity index is 1.24. The van der Waals surface area contributed by atoms with Crippen molar-refractivity contribution in [2.75, 3.05) is 31.6 Å². The third-order valence-corrected chi connectivity index (χ3v) is 6.17. The summed E-state index contributed by atoms with van der Waals surface area (Å²) in [6.45, 7) is 3.07. The number of nitrogens with one attached hydrogen (secondary N) is 3. The van der Waals surface area contributed by atoms with Crippen molar-refractivity contribution in [1.29, 1.82) is 0 Å². The molecule has 0 radical (unpaired) electrons. The van der Waals surface area contributed by atoms with E-state index in [1.54, 1.807) is 0 Å². The maximum atomic E-state index is 4.41. The SMILES string of the molecule is CN=C(NCCc1c[nH]c2ccccc12)NC1CCN(c2cccs2)CC1. The maximum absolute atomic E-state index is 4.41. The minimum atomic E-state index is 0.487. The molecule has 0 saturated carbocycles. The molecule has 0 bridgehead atoms. The highest BCUT2D eigenvalue weighted by Crippen LogP contribution is 2.24. The number of aliphatic imine (C=N–C) groups is 1. The van der Waals surface area contributed by atoms with Crippen molar-refractivity contribution < 1.29 is 0 Å². The highest BCUT2D eigenvalue weighted by atomic mass is 32.1. The van der Waals surface area contributed by atoms with E-state index in [1.807, 2.05) is 18.4 Å². The molecule has 3 aromatic rings. The summed E-state index contributed by atoms with van der Waals surface area (Å²) in [4.78, 5) is 10.2. The van der Waals surface area contributed by atoms with Gasteiger partial charge >= 0.3 is 0 Å². The number of hydrogen-bond acceptors (Lipinski definition) is 3. The first kappa shape index (κ1) is 17.9. The number of piperidine rings is 1. The molecule has 0 aliphatic carbocycles. The maximum Gasteiger partial charge on any atom is 0.191 e. The van der Waals surface area contributed by atoms with Crippen LogP contribution in [0.2, 0.25) is 0 Å². The van der Waals surface area contributed by atoms with Crippen LogP contribution in [0, 0.1) is 0 Å². The van der Waals surface area contributed by atoms with Gasteiger partial charge < -0.3 is 20.5 Å². The Morgan fingerprint density at radius 2 is 2.07 bits per heavy atom. The molecule has 0 unspecified atom stereocenters. The van der Waals surface area contributed by atoms with Crippen LogP contribution in [0.5, 0.6) is 0 Å². The Kier molecular flexibility index (Phi) is 5.63. The van der Waals surface area contributed by atoms with Gasteiger partial charge in [0.15, 0.2) is 5.96 Å². The standard InChI is InChI=1S/C21H27N5S/c1-22-21(23-11-8-16-15-24-19-6-3-2-5-18(16)19)25-17-9-12-26(13-10-17)20-7-4-14-27-20/h2-7,14-15,17,24H,8-13H2,1H3,(H2,22,23,25). The Morgan fingerprint density at radius 1 is 1.22 bits per heavy atom. The van der Waals surface area contributed by atoms with Crippen molar-refractivity contribution >= 4 is 33.2 Å². The van der Waals surface area contributed by atoms with Gasteiger partial charge in [-0.15, -0.1) is 11.3 Å². The molecule has 0 spiro atoms. The number of anilines is 1. The number of fused-ring (bicyclic) bond motifs is 1. The fraction of sp³-hybridized carbons (Fsp3) is 0.381. The molecule has 0 amide bonds. The van der Waals surface area contributed by atoms with Crippen LogP contribution in [0.15, 0.2) is 53.0 Å². The number of benzene rings is 1. The largest absolute Gasteiger partial charge is 0.363 e. The van der Waals surface area contributed by atoms with E-state index in [0.29, 0.717) is 6.04 Å². The summed E-state index contributed by atoms with van der Waals surface area (Å²) in [6, 6.07) is 13.3. The highest BCUT2D eigenvalue weighted by Gasteiger charge is 2.20. The molecule has 2 aromatic heterocycles. The molecule has 1 fully saturated rings. The van der Waals surface area contributed by atoms with Gasteiger partial charge in [-0.1, -0.05) is 18.2 Å². The summed E-state index contributed by atoms with van der Waals surface area (Å²) < 4.78 is 0. The number of para-hydroxylation sites is 1. The summed E-state index contributed by atoms with van der Waals surface area (Å²) in [5.74, 6) is 0.907. The predicted octanol–water partition coefficient (Wildman–Crippen LogP) is 3.61. The molecule has 27 heavy (non-hydrogen) atoms. The molecule has 1 aliphatic heterocycles. The second kappa shape index (κ2) is 8.48. The van der Waals surface area contributed by atoms with Crippen molar-refractivity contribution in [2.24, 2.45) is 4.99 Å². The molecule has 3 heterocycles. The monoisotopic (exact) mass is 381 g/mol. The molecule has 5 nitrogen and oxygen atoms in total. The van der Waals surface area contributed by atoms with E-state index in [1.165, 1.54) is 21.5 Å². The second-order valence-electron chi connectivity index (χ2n) is 6.97. The van der Waals surface area contributed by atoms with E-state index in [4.69, 9.17) is 0 Å². The molecule has 1 aliphatic rings. The number of rotatable bonds is 5. The number of aromatic amines is 1. The number of H-pyrrole nitrogens is 1. The molecule has 142 valence electrons. The van der Waals surface area contributed by atoms with E-state index >= 15 is 0 Å². The van der Waals surface area contributed by atoms with Crippen molar-refractivity contribution in [3.8, 4) is 0 Å². The summed E-state index contributed by atoms with van der Waals surface area (Å²) in [5, 5.41) is 11.9. The summed E-state index contributed by atoms with van der Waals surface area (Å²) in [5.41, 5.74) is 2.55. The van der Waals surface area contributed by atoms with Crippen LogP contribution in [0.4, 0.5) is 5.00 Å². The normalized spacial score (nSPS) is 16.0. The average Bonchev–Trinajstić information content (AvgIpc) is 3.38. The van der Waals surface area contributed by atoms with Gasteiger partial charge in [-0.3, -0.25) is 4.99 Å². The van der Waals surface area contributed by atoms with Crippen molar-refractivity contribution in [1.82, 2.24) is 15.6 Å². The Hall–Kier alpha value is -2.47. The number of nitrogens with zero attached hydrogens (tertiary/aromatic N) is 2. The minimum absolute atomic E-state index is 0.487. The fourth-order valence-electron chi connectivity index (χ4n) is 3.74. The van der Waals surface area contributed by atoms with Crippen LogP contribution in [0.3, 0.4) is 0 Å². The van der Waals surface area contributed by atoms with Crippen molar-refractivity contribution in [3.05, 3.63) is 53.5 Å². The van der Waals surface area contributed by atoms with Gasteiger partial charge in [0.2, 0.25) is 0 Å². The third kappa shape index (κ3) is 4.27. The summed E-state index contributed by atoms with van der Waals surface area (Å²) in [7, 11) is 1.85. The van der Waals surface area contributed by atoms with Gasteiger partial charge in [0.25, 0.3) is 0 Å². The van der Waals surface area contributed by atoms with E-state index in [2.05, 4.69) is 73.5 Å². The summed E-state index contributed by atoms with van der Waals surface area (Å²) in [6.07, 6.45) is 5.37. The first-order chi connectivity index (χ1) is 13.3. The van der Waals surface area contributed by atoms with Crippen LogP contribution >= 0.6 is 11.3 Å². The zero-order valence-electron chi connectivity index (χ0n) is 15.7. The van der Waals surface area contributed by atoms with E-state index in [0.717, 1.165) is 44.9 Å². The van der Waals surface area contributed by atoms with Crippen LogP contribution in [-0.4, -0.2) is 43.7 Å². The topological polar surface area (TPSA) is 55.5 Å².